The lowest BCUT2D eigenvalue weighted by Crippen LogP contribution is -2.50. The molecule has 2 fully saturated rings. The molecule has 2 unspecified atom stereocenters. The van der Waals surface area contributed by atoms with Gasteiger partial charge in [-0.15, -0.1) is 0 Å². The van der Waals surface area contributed by atoms with Gasteiger partial charge in [-0.25, -0.2) is 4.79 Å². The molecule has 2 heterocycles. The van der Waals surface area contributed by atoms with E-state index in [0.717, 1.165) is 25.7 Å². The van der Waals surface area contributed by atoms with E-state index in [0.29, 0.717) is 18.7 Å². The van der Waals surface area contributed by atoms with Crippen LogP contribution < -0.4 is 5.73 Å². The van der Waals surface area contributed by atoms with Crippen LogP contribution in [0, 0.1) is 0 Å². The van der Waals surface area contributed by atoms with E-state index in [1.54, 1.807) is 0 Å². The number of carbonyl (C=O) groups excluding carboxylic acids is 1. The van der Waals surface area contributed by atoms with E-state index in [4.69, 9.17) is 10.5 Å². The summed E-state index contributed by atoms with van der Waals surface area (Å²) >= 11 is 0. The van der Waals surface area contributed by atoms with Crippen molar-refractivity contribution in [1.29, 1.82) is 0 Å². The lowest BCUT2D eigenvalue weighted by Gasteiger charge is -2.36. The average Bonchev–Trinajstić information content (AvgIpc) is 2.39. The summed E-state index contributed by atoms with van der Waals surface area (Å²) < 4.78 is 5.04. The zero-order chi connectivity index (χ0) is 10.1. The number of carbonyl (C=O) groups is 1. The summed E-state index contributed by atoms with van der Waals surface area (Å²) in [5.74, 6) is 0. The molecule has 2 aliphatic rings. The van der Waals surface area contributed by atoms with Crippen LogP contribution in [-0.2, 0) is 4.74 Å². The summed E-state index contributed by atoms with van der Waals surface area (Å²) in [6, 6.07) is 0.948. The molecule has 2 atom stereocenters. The van der Waals surface area contributed by atoms with E-state index in [9.17, 15) is 4.79 Å². The van der Waals surface area contributed by atoms with E-state index in [1.807, 2.05) is 11.8 Å². The van der Waals surface area contributed by atoms with Crippen molar-refractivity contribution in [1.82, 2.24) is 4.90 Å². The Morgan fingerprint density at radius 2 is 2.00 bits per heavy atom. The Morgan fingerprint density at radius 1 is 1.43 bits per heavy atom. The number of nitrogens with zero attached hydrogens (tertiary/aromatic N) is 1. The number of hydrogen-bond acceptors (Lipinski definition) is 3. The molecule has 80 valence electrons. The van der Waals surface area contributed by atoms with E-state index in [2.05, 4.69) is 0 Å². The second-order valence-electron chi connectivity index (χ2n) is 4.22. The summed E-state index contributed by atoms with van der Waals surface area (Å²) in [4.78, 5) is 13.5. The first-order valence-electron chi connectivity index (χ1n) is 5.43. The quantitative estimate of drug-likeness (QED) is 0.686. The Morgan fingerprint density at radius 3 is 2.50 bits per heavy atom. The highest BCUT2D eigenvalue weighted by Crippen LogP contribution is 2.35. The van der Waals surface area contributed by atoms with Gasteiger partial charge < -0.3 is 15.4 Å². The van der Waals surface area contributed by atoms with Crippen LogP contribution in [0.3, 0.4) is 0 Å². The normalized spacial score (nSPS) is 35.9. The van der Waals surface area contributed by atoms with Gasteiger partial charge >= 0.3 is 6.09 Å². The van der Waals surface area contributed by atoms with Gasteiger partial charge in [0.1, 0.15) is 0 Å². The maximum Gasteiger partial charge on any atom is 0.410 e. The monoisotopic (exact) mass is 198 g/mol. The van der Waals surface area contributed by atoms with Crippen LogP contribution in [0.15, 0.2) is 0 Å². The molecule has 4 nitrogen and oxygen atoms in total. The molecule has 4 heteroatoms. The van der Waals surface area contributed by atoms with Crippen molar-refractivity contribution in [2.45, 2.75) is 50.7 Å². The van der Waals surface area contributed by atoms with Crippen LogP contribution in [0.2, 0.25) is 0 Å². The van der Waals surface area contributed by atoms with Gasteiger partial charge in [-0.1, -0.05) is 0 Å². The summed E-state index contributed by atoms with van der Waals surface area (Å²) in [7, 11) is 0. The number of nitrogens with two attached hydrogens (primary N) is 1. The van der Waals surface area contributed by atoms with E-state index in [1.165, 1.54) is 0 Å². The number of rotatable bonds is 1. The highest BCUT2D eigenvalue weighted by atomic mass is 16.6. The Hall–Kier alpha value is -0.770. The summed E-state index contributed by atoms with van der Waals surface area (Å²) in [5.41, 5.74) is 5.91. The molecule has 2 N–H and O–H groups in total. The van der Waals surface area contributed by atoms with Crippen LogP contribution in [0.25, 0.3) is 0 Å². The fourth-order valence-electron chi connectivity index (χ4n) is 2.72. The van der Waals surface area contributed by atoms with Crippen molar-refractivity contribution in [3.05, 3.63) is 0 Å². The minimum absolute atomic E-state index is 0.146. The van der Waals surface area contributed by atoms with Crippen molar-refractivity contribution in [3.63, 3.8) is 0 Å². The van der Waals surface area contributed by atoms with Gasteiger partial charge in [0.15, 0.2) is 0 Å². The second kappa shape index (κ2) is 3.77. The maximum atomic E-state index is 11.6. The minimum atomic E-state index is -0.146. The van der Waals surface area contributed by atoms with Crippen molar-refractivity contribution in [3.8, 4) is 0 Å². The lowest BCUT2D eigenvalue weighted by molar-refractivity contribution is 0.0696. The van der Waals surface area contributed by atoms with Crippen LogP contribution in [0.1, 0.15) is 32.6 Å². The Labute approximate surface area is 84.4 Å². The van der Waals surface area contributed by atoms with Crippen molar-refractivity contribution in [2.75, 3.05) is 6.61 Å². The summed E-state index contributed by atoms with van der Waals surface area (Å²) in [6.07, 6.45) is 3.92. The first-order chi connectivity index (χ1) is 6.72. The summed E-state index contributed by atoms with van der Waals surface area (Å²) in [5, 5.41) is 0. The van der Waals surface area contributed by atoms with Crippen LogP contribution in [0.4, 0.5) is 4.79 Å². The third kappa shape index (κ3) is 1.59. The molecular weight excluding hydrogens is 180 g/mol. The van der Waals surface area contributed by atoms with E-state index in [-0.39, 0.29) is 12.1 Å². The number of piperidine rings is 1. The van der Waals surface area contributed by atoms with E-state index >= 15 is 0 Å². The summed E-state index contributed by atoms with van der Waals surface area (Å²) in [6.45, 7) is 2.30. The van der Waals surface area contributed by atoms with Gasteiger partial charge in [0.05, 0.1) is 6.61 Å². The topological polar surface area (TPSA) is 55.6 Å². The van der Waals surface area contributed by atoms with E-state index < -0.39 is 0 Å². The Balaban J connectivity index is 2.03. The average molecular weight is 198 g/mol. The molecule has 0 aromatic heterocycles. The predicted molar refractivity (Wildman–Crippen MR) is 52.9 cm³/mol. The molecule has 2 saturated heterocycles. The smallest absolute Gasteiger partial charge is 0.410 e. The minimum Gasteiger partial charge on any atom is -0.450 e. The maximum absolute atomic E-state index is 11.6. The molecule has 0 aromatic carbocycles. The molecule has 2 aliphatic heterocycles. The lowest BCUT2D eigenvalue weighted by atomic mass is 9.99. The number of fused-ring (bicyclic) bond motifs is 2. The van der Waals surface area contributed by atoms with Gasteiger partial charge in [0.25, 0.3) is 0 Å². The third-order valence-electron chi connectivity index (χ3n) is 3.25. The third-order valence-corrected chi connectivity index (χ3v) is 3.25. The molecule has 0 spiro atoms. The zero-order valence-corrected chi connectivity index (χ0v) is 8.61. The molecule has 0 saturated carbocycles. The fourth-order valence-corrected chi connectivity index (χ4v) is 2.72. The molecule has 2 bridgehead atoms. The second-order valence-corrected chi connectivity index (χ2v) is 4.22. The van der Waals surface area contributed by atoms with Gasteiger partial charge in [0.2, 0.25) is 0 Å². The number of ether oxygens (including phenoxy) is 1. The SMILES string of the molecule is CCOC(=O)N1C2CCC1CC(N)C2. The molecular formula is C10H18N2O2. The molecule has 2 rings (SSSR count). The molecule has 0 aliphatic carbocycles. The number of hydrogen-bond donors (Lipinski definition) is 1. The van der Waals surface area contributed by atoms with Crippen LogP contribution in [0.5, 0.6) is 0 Å². The number of amides is 1. The Kier molecular flexibility index (Phi) is 2.63. The van der Waals surface area contributed by atoms with Crippen molar-refractivity contribution in [2.24, 2.45) is 5.73 Å². The first-order valence-corrected chi connectivity index (χ1v) is 5.43. The highest BCUT2D eigenvalue weighted by molar-refractivity contribution is 5.69. The fraction of sp³-hybridized carbons (Fsp3) is 0.900. The van der Waals surface area contributed by atoms with Gasteiger partial charge in [-0.05, 0) is 32.6 Å². The van der Waals surface area contributed by atoms with Crippen LogP contribution in [-0.4, -0.2) is 35.7 Å². The van der Waals surface area contributed by atoms with Crippen molar-refractivity contribution >= 4 is 6.09 Å². The Bertz CT molecular complexity index is 218. The van der Waals surface area contributed by atoms with Crippen LogP contribution >= 0.6 is 0 Å². The molecule has 14 heavy (non-hydrogen) atoms. The van der Waals surface area contributed by atoms with Crippen molar-refractivity contribution < 1.29 is 9.53 Å². The van der Waals surface area contributed by atoms with Gasteiger partial charge in [-0.2, -0.15) is 0 Å². The highest BCUT2D eigenvalue weighted by Gasteiger charge is 2.42. The standard InChI is InChI=1S/C10H18N2O2/c1-2-14-10(13)12-8-3-4-9(12)6-7(11)5-8/h7-9H,2-6,11H2,1H3. The largest absolute Gasteiger partial charge is 0.450 e. The first kappa shape index (κ1) is 9.77. The predicted octanol–water partition coefficient (Wildman–Crippen LogP) is 1.10. The zero-order valence-electron chi connectivity index (χ0n) is 8.61. The molecule has 1 amide bonds. The van der Waals surface area contributed by atoms with Gasteiger partial charge in [-0.3, -0.25) is 0 Å². The molecule has 0 aromatic rings. The van der Waals surface area contributed by atoms with Gasteiger partial charge in [0, 0.05) is 18.1 Å². The molecule has 0 radical (unpaired) electrons.